The van der Waals surface area contributed by atoms with Crippen molar-refractivity contribution in [3.05, 3.63) is 40.6 Å². The summed E-state index contributed by atoms with van der Waals surface area (Å²) >= 11 is 3.01. The maximum atomic E-state index is 13.0. The molecule has 0 unspecified atom stereocenters. The highest BCUT2D eigenvalue weighted by atomic mass is 32.1. The number of hydrogen-bond donors (Lipinski definition) is 1. The minimum atomic E-state index is 0.0258. The summed E-state index contributed by atoms with van der Waals surface area (Å²) in [5.74, 6) is 0.861. The van der Waals surface area contributed by atoms with Gasteiger partial charge >= 0.3 is 0 Å². The summed E-state index contributed by atoms with van der Waals surface area (Å²) in [6.07, 6.45) is 0.930. The maximum Gasteiger partial charge on any atom is 0.270 e. The van der Waals surface area contributed by atoms with Crippen molar-refractivity contribution in [3.8, 4) is 5.75 Å². The minimum Gasteiger partial charge on any atom is -0.494 e. The molecular weight excluding hydrogens is 366 g/mol. The Bertz CT molecular complexity index is 859. The van der Waals surface area contributed by atoms with Crippen molar-refractivity contribution in [2.75, 3.05) is 38.7 Å². The van der Waals surface area contributed by atoms with Gasteiger partial charge in [-0.2, -0.15) is 0 Å². The molecule has 2 aromatic heterocycles. The van der Waals surface area contributed by atoms with Gasteiger partial charge in [-0.1, -0.05) is 17.4 Å². The van der Waals surface area contributed by atoms with Crippen molar-refractivity contribution < 1.29 is 14.4 Å². The van der Waals surface area contributed by atoms with Gasteiger partial charge in [-0.15, -0.1) is 11.3 Å². The van der Waals surface area contributed by atoms with E-state index in [1.54, 1.807) is 11.3 Å². The lowest BCUT2D eigenvalue weighted by atomic mass is 10.3. The summed E-state index contributed by atoms with van der Waals surface area (Å²) in [5, 5.41) is 2.68. The van der Waals surface area contributed by atoms with Crippen LogP contribution in [0.4, 0.5) is 5.13 Å². The topological polar surface area (TPSA) is 46.9 Å². The first-order valence-corrected chi connectivity index (χ1v) is 10.5. The molecule has 0 bridgehead atoms. The first-order chi connectivity index (χ1) is 12.6. The normalized spacial score (nSPS) is 11.2. The SMILES string of the molecule is CCOc1ccc2nc(N(CCC[NH+](C)C)C(=O)c3cccs3)sc2c1. The number of thiazole rings is 1. The average molecular weight is 391 g/mol. The first kappa shape index (κ1) is 18.8. The number of carbonyl (C=O) groups excluding carboxylic acids is 1. The van der Waals surface area contributed by atoms with Crippen LogP contribution in [0.3, 0.4) is 0 Å². The Morgan fingerprint density at radius 2 is 2.15 bits per heavy atom. The average Bonchev–Trinajstić information content (AvgIpc) is 3.27. The number of benzene rings is 1. The molecule has 0 saturated carbocycles. The molecule has 0 aliphatic heterocycles. The fraction of sp³-hybridized carbons (Fsp3) is 0.368. The van der Waals surface area contributed by atoms with Gasteiger partial charge in [0, 0.05) is 13.0 Å². The predicted octanol–water partition coefficient (Wildman–Crippen LogP) is 2.94. The number of aromatic nitrogens is 1. The molecule has 5 nitrogen and oxygen atoms in total. The Labute approximate surface area is 161 Å². The van der Waals surface area contributed by atoms with Crippen molar-refractivity contribution in [1.82, 2.24) is 4.98 Å². The lowest BCUT2D eigenvalue weighted by molar-refractivity contribution is -0.858. The van der Waals surface area contributed by atoms with Crippen molar-refractivity contribution in [1.29, 1.82) is 0 Å². The van der Waals surface area contributed by atoms with Crippen LogP contribution in [0.5, 0.6) is 5.75 Å². The molecule has 1 N–H and O–H groups in total. The third-order valence-electron chi connectivity index (χ3n) is 3.93. The summed E-state index contributed by atoms with van der Waals surface area (Å²) in [6.45, 7) is 4.27. The lowest BCUT2D eigenvalue weighted by Gasteiger charge is -2.19. The van der Waals surface area contributed by atoms with Crippen LogP contribution in [-0.2, 0) is 0 Å². The van der Waals surface area contributed by atoms with Gasteiger partial charge < -0.3 is 9.64 Å². The van der Waals surface area contributed by atoms with Crippen LogP contribution in [0.25, 0.3) is 10.2 Å². The zero-order chi connectivity index (χ0) is 18.5. The second-order valence-corrected chi connectivity index (χ2v) is 8.26. The summed E-state index contributed by atoms with van der Waals surface area (Å²) in [7, 11) is 4.25. The van der Waals surface area contributed by atoms with Crippen molar-refractivity contribution >= 4 is 43.9 Å². The number of rotatable bonds is 8. The Morgan fingerprint density at radius 1 is 1.31 bits per heavy atom. The number of ether oxygens (including phenoxy) is 1. The van der Waals surface area contributed by atoms with E-state index in [-0.39, 0.29) is 5.91 Å². The van der Waals surface area contributed by atoms with E-state index in [1.165, 1.54) is 16.2 Å². The summed E-state index contributed by atoms with van der Waals surface area (Å²) < 4.78 is 6.61. The second-order valence-electron chi connectivity index (χ2n) is 6.30. The Balaban J connectivity index is 1.89. The third-order valence-corrected chi connectivity index (χ3v) is 5.83. The number of fused-ring (bicyclic) bond motifs is 1. The molecule has 0 radical (unpaired) electrons. The van der Waals surface area contributed by atoms with Gasteiger partial charge in [0.1, 0.15) is 5.75 Å². The van der Waals surface area contributed by atoms with Gasteiger partial charge in [0.25, 0.3) is 5.91 Å². The maximum absolute atomic E-state index is 13.0. The van der Waals surface area contributed by atoms with Crippen LogP contribution in [0.1, 0.15) is 23.0 Å². The zero-order valence-electron chi connectivity index (χ0n) is 15.3. The summed E-state index contributed by atoms with van der Waals surface area (Å²) in [4.78, 5) is 21.6. The molecule has 0 aliphatic rings. The van der Waals surface area contributed by atoms with E-state index in [9.17, 15) is 4.79 Å². The highest BCUT2D eigenvalue weighted by Crippen LogP contribution is 2.32. The van der Waals surface area contributed by atoms with E-state index in [0.717, 1.165) is 38.9 Å². The molecule has 0 spiro atoms. The van der Waals surface area contributed by atoms with Gasteiger partial charge in [0.15, 0.2) is 5.13 Å². The standard InChI is InChI=1S/C19H23N3O2S2/c1-4-24-14-8-9-15-17(13-14)26-19(20-15)22(11-6-10-21(2)3)18(23)16-7-5-12-25-16/h5,7-9,12-13H,4,6,10-11H2,1-3H3/p+1. The van der Waals surface area contributed by atoms with Gasteiger partial charge in [-0.05, 0) is 36.6 Å². The third kappa shape index (κ3) is 4.41. The molecule has 1 aromatic carbocycles. The van der Waals surface area contributed by atoms with Crippen LogP contribution >= 0.6 is 22.7 Å². The smallest absolute Gasteiger partial charge is 0.270 e. The van der Waals surface area contributed by atoms with Gasteiger partial charge in [0.05, 0.1) is 42.3 Å². The van der Waals surface area contributed by atoms with E-state index in [2.05, 4.69) is 14.1 Å². The summed E-state index contributed by atoms with van der Waals surface area (Å²) in [5.41, 5.74) is 0.899. The predicted molar refractivity (Wildman–Crippen MR) is 109 cm³/mol. The number of amides is 1. The van der Waals surface area contributed by atoms with Gasteiger partial charge in [-0.25, -0.2) is 4.98 Å². The monoisotopic (exact) mass is 390 g/mol. The molecule has 138 valence electrons. The lowest BCUT2D eigenvalue weighted by Crippen LogP contribution is -3.05. The molecule has 0 aliphatic carbocycles. The first-order valence-electron chi connectivity index (χ1n) is 8.76. The van der Waals surface area contributed by atoms with Crippen LogP contribution in [0, 0.1) is 0 Å². The molecule has 0 saturated heterocycles. The Hall–Kier alpha value is -1.96. The van der Waals surface area contributed by atoms with Gasteiger partial charge in [0.2, 0.25) is 0 Å². The molecule has 7 heteroatoms. The van der Waals surface area contributed by atoms with E-state index < -0.39 is 0 Å². The molecule has 3 rings (SSSR count). The van der Waals surface area contributed by atoms with E-state index in [4.69, 9.17) is 9.72 Å². The van der Waals surface area contributed by atoms with Crippen molar-refractivity contribution in [2.24, 2.45) is 0 Å². The molecule has 0 atom stereocenters. The Morgan fingerprint density at radius 3 is 2.85 bits per heavy atom. The number of nitrogens with zero attached hydrogens (tertiary/aromatic N) is 2. The van der Waals surface area contributed by atoms with Crippen LogP contribution in [0.15, 0.2) is 35.7 Å². The van der Waals surface area contributed by atoms with Crippen LogP contribution in [0.2, 0.25) is 0 Å². The number of carbonyl (C=O) groups is 1. The summed E-state index contributed by atoms with van der Waals surface area (Å²) in [6, 6.07) is 9.66. The molecule has 3 aromatic rings. The zero-order valence-corrected chi connectivity index (χ0v) is 17.0. The Kier molecular flexibility index (Phi) is 6.24. The molecule has 2 heterocycles. The second kappa shape index (κ2) is 8.62. The largest absolute Gasteiger partial charge is 0.494 e. The fourth-order valence-corrected chi connectivity index (χ4v) is 4.36. The number of nitrogens with one attached hydrogen (secondary N) is 1. The number of thiophene rings is 1. The quantitative estimate of drug-likeness (QED) is 0.643. The molecule has 1 amide bonds. The number of quaternary nitrogens is 1. The molecule has 26 heavy (non-hydrogen) atoms. The highest BCUT2D eigenvalue weighted by Gasteiger charge is 2.22. The van der Waals surface area contributed by atoms with Crippen molar-refractivity contribution in [3.63, 3.8) is 0 Å². The highest BCUT2D eigenvalue weighted by molar-refractivity contribution is 7.22. The molecular formula is C19H24N3O2S2+. The van der Waals surface area contributed by atoms with Gasteiger partial charge in [-0.3, -0.25) is 9.69 Å². The molecule has 0 fully saturated rings. The number of anilines is 1. The minimum absolute atomic E-state index is 0.0258. The van der Waals surface area contributed by atoms with E-state index in [1.807, 2.05) is 47.5 Å². The van der Waals surface area contributed by atoms with Crippen LogP contribution < -0.4 is 14.5 Å². The van der Waals surface area contributed by atoms with Crippen LogP contribution in [-0.4, -0.2) is 44.7 Å². The van der Waals surface area contributed by atoms with E-state index in [0.29, 0.717) is 13.2 Å². The van der Waals surface area contributed by atoms with Crippen molar-refractivity contribution in [2.45, 2.75) is 13.3 Å². The van der Waals surface area contributed by atoms with E-state index >= 15 is 0 Å². The fourth-order valence-electron chi connectivity index (χ4n) is 2.67. The number of hydrogen-bond acceptors (Lipinski definition) is 5.